The number of halogens is 3. The molecule has 0 aliphatic heterocycles. The molecule has 43 heavy (non-hydrogen) atoms. The van der Waals surface area contributed by atoms with Gasteiger partial charge in [0, 0.05) is 12.0 Å². The average Bonchev–Trinajstić information content (AvgIpc) is 3.56. The third-order valence-corrected chi connectivity index (χ3v) is 9.54. The molecule has 1 unspecified atom stereocenters. The lowest BCUT2D eigenvalue weighted by Gasteiger charge is -2.23. The number of aliphatic carboxylic acids is 1. The zero-order valence-electron chi connectivity index (χ0n) is 24.3. The van der Waals surface area contributed by atoms with Gasteiger partial charge in [-0.05, 0) is 56.8 Å². The zero-order valence-corrected chi connectivity index (χ0v) is 26.0. The van der Waals surface area contributed by atoms with Crippen molar-refractivity contribution in [3.8, 4) is 21.3 Å². The van der Waals surface area contributed by atoms with Crippen LogP contribution >= 0.6 is 11.3 Å². The van der Waals surface area contributed by atoms with Crippen molar-refractivity contribution in [1.82, 2.24) is 19.9 Å². The molecular formula is C29H33F3N4O5S2. The smallest absolute Gasteiger partial charge is 0.404 e. The number of carbonyl (C=O) groups is 1. The van der Waals surface area contributed by atoms with Crippen molar-refractivity contribution in [2.75, 3.05) is 0 Å². The molecule has 0 saturated heterocycles. The van der Waals surface area contributed by atoms with E-state index >= 15 is 0 Å². The van der Waals surface area contributed by atoms with Crippen LogP contribution in [0.1, 0.15) is 52.6 Å². The Hall–Kier alpha value is -3.33. The number of hydrogen-bond donors (Lipinski definition) is 2. The fraction of sp³-hybridized carbons (Fsp3) is 0.414. The van der Waals surface area contributed by atoms with Gasteiger partial charge in [-0.25, -0.2) is 13.9 Å². The Balaban J connectivity index is 1.81. The molecule has 0 amide bonds. The summed E-state index contributed by atoms with van der Waals surface area (Å²) in [6.45, 7) is 8.39. The number of fused-ring (bicyclic) bond motifs is 1. The molecule has 0 spiro atoms. The minimum absolute atomic E-state index is 0.0224. The molecule has 0 bridgehead atoms. The molecule has 0 fully saturated rings. The van der Waals surface area contributed by atoms with Crippen LogP contribution in [-0.2, 0) is 32.3 Å². The number of hydrogen-bond acceptors (Lipinski definition) is 8. The lowest BCUT2D eigenvalue weighted by molar-refractivity contribution is -0.151. The summed E-state index contributed by atoms with van der Waals surface area (Å²) in [7, 11) is -3.55. The SMILES string of the molecule is C=S(=O)(N[C@@H](CC)C(F)(F)F)c1ccc(-c2sc(-c3nnc(CC(C)(C)C(=O)O)o3)nc2COC(C)C)c2ccccc12. The van der Waals surface area contributed by atoms with E-state index in [1.54, 1.807) is 44.2 Å². The molecule has 232 valence electrons. The predicted molar refractivity (Wildman–Crippen MR) is 160 cm³/mol. The van der Waals surface area contributed by atoms with Crippen LogP contribution in [0.25, 0.3) is 32.1 Å². The summed E-state index contributed by atoms with van der Waals surface area (Å²) in [6.07, 6.45) is -4.98. The van der Waals surface area contributed by atoms with E-state index in [2.05, 4.69) is 20.8 Å². The van der Waals surface area contributed by atoms with Crippen molar-refractivity contribution < 1.29 is 36.4 Å². The van der Waals surface area contributed by atoms with E-state index in [-0.39, 0.29) is 42.2 Å². The van der Waals surface area contributed by atoms with Gasteiger partial charge in [-0.1, -0.05) is 37.3 Å². The highest BCUT2D eigenvalue weighted by Crippen LogP contribution is 2.41. The Morgan fingerprint density at radius 2 is 1.84 bits per heavy atom. The monoisotopic (exact) mass is 638 g/mol. The molecule has 2 N–H and O–H groups in total. The first kappa shape index (κ1) is 32.6. The van der Waals surface area contributed by atoms with E-state index < -0.39 is 33.3 Å². The summed E-state index contributed by atoms with van der Waals surface area (Å²) in [5.74, 6) is 2.92. The number of ether oxygens (including phenoxy) is 1. The molecule has 2 aromatic carbocycles. The number of carboxylic acids is 1. The molecule has 4 rings (SSSR count). The van der Waals surface area contributed by atoms with Gasteiger partial charge in [0.1, 0.15) is 6.04 Å². The van der Waals surface area contributed by atoms with Crippen molar-refractivity contribution in [3.63, 3.8) is 0 Å². The highest BCUT2D eigenvalue weighted by molar-refractivity contribution is 7.98. The van der Waals surface area contributed by atoms with Crippen LogP contribution in [0.3, 0.4) is 0 Å². The maximum atomic E-state index is 13.6. The van der Waals surface area contributed by atoms with Gasteiger partial charge in [0.25, 0.3) is 5.89 Å². The summed E-state index contributed by atoms with van der Waals surface area (Å²) in [5, 5.41) is 19.0. The predicted octanol–water partition coefficient (Wildman–Crippen LogP) is 6.51. The maximum Gasteiger partial charge on any atom is 0.404 e. The van der Waals surface area contributed by atoms with Crippen LogP contribution in [0.4, 0.5) is 13.2 Å². The number of nitrogens with one attached hydrogen (secondary N) is 1. The number of benzene rings is 2. The Labute approximate surface area is 251 Å². The van der Waals surface area contributed by atoms with Crippen LogP contribution in [0.2, 0.25) is 0 Å². The second-order valence-corrected chi connectivity index (χ2v) is 14.0. The summed E-state index contributed by atoms with van der Waals surface area (Å²) in [5.41, 5.74) is 0.137. The zero-order chi connectivity index (χ0) is 31.7. The second-order valence-electron chi connectivity index (χ2n) is 11.0. The van der Waals surface area contributed by atoms with E-state index in [0.29, 0.717) is 31.9 Å². The van der Waals surface area contributed by atoms with E-state index in [4.69, 9.17) is 14.1 Å². The van der Waals surface area contributed by atoms with Gasteiger partial charge in [-0.3, -0.25) is 4.79 Å². The van der Waals surface area contributed by atoms with Gasteiger partial charge in [0.15, 0.2) is 5.01 Å². The largest absolute Gasteiger partial charge is 0.481 e. The molecule has 2 aromatic heterocycles. The normalized spacial score (nSPS) is 14.7. The van der Waals surface area contributed by atoms with Crippen LogP contribution in [0.15, 0.2) is 45.7 Å². The first-order valence-corrected chi connectivity index (χ1v) is 16.0. The number of alkyl halides is 3. The fourth-order valence-corrected chi connectivity index (χ4v) is 7.03. The Bertz CT molecular complexity index is 1730. The number of rotatable bonds is 12. The average molecular weight is 639 g/mol. The molecule has 4 aromatic rings. The Morgan fingerprint density at radius 1 is 1.16 bits per heavy atom. The molecule has 0 aliphatic rings. The second kappa shape index (κ2) is 12.3. The van der Waals surface area contributed by atoms with E-state index in [1.165, 1.54) is 24.3 Å². The molecule has 2 heterocycles. The van der Waals surface area contributed by atoms with Crippen LogP contribution in [0, 0.1) is 5.41 Å². The molecular weight excluding hydrogens is 605 g/mol. The minimum Gasteiger partial charge on any atom is -0.481 e. The summed E-state index contributed by atoms with van der Waals surface area (Å²) >= 11 is 1.25. The standard InChI is InChI=1S/C29H33F3N4O5S2/c1-7-22(29(30,31)32)36-43(6,39)21-13-12-19(17-10-8-9-11-18(17)21)24-20(15-40-16(2)3)33-26(42-24)25-35-34-23(41-25)14-28(4,5)27(37)38/h8-13,16,22H,6-7,14-15H2,1-5H3,(H,36,39)(H,37,38)/t22-,43?/m0/s1. The van der Waals surface area contributed by atoms with Crippen molar-refractivity contribution >= 4 is 43.7 Å². The van der Waals surface area contributed by atoms with Crippen LogP contribution < -0.4 is 4.72 Å². The van der Waals surface area contributed by atoms with Gasteiger partial charge in [0.2, 0.25) is 5.89 Å². The van der Waals surface area contributed by atoms with Gasteiger partial charge < -0.3 is 14.3 Å². The van der Waals surface area contributed by atoms with E-state index in [0.717, 1.165) is 0 Å². The third-order valence-electron chi connectivity index (χ3n) is 6.69. The number of aromatic nitrogens is 3. The highest BCUT2D eigenvalue weighted by Gasteiger charge is 2.40. The van der Waals surface area contributed by atoms with Crippen molar-refractivity contribution in [2.24, 2.45) is 5.41 Å². The Kier molecular flexibility index (Phi) is 9.35. The van der Waals surface area contributed by atoms with Gasteiger partial charge >= 0.3 is 12.1 Å². The summed E-state index contributed by atoms with van der Waals surface area (Å²) in [6, 6.07) is 8.19. The number of nitrogens with zero attached hydrogens (tertiary/aromatic N) is 3. The highest BCUT2D eigenvalue weighted by atomic mass is 32.2. The third kappa shape index (κ3) is 7.25. The molecule has 0 saturated carbocycles. The first-order chi connectivity index (χ1) is 20.0. The van der Waals surface area contributed by atoms with Crippen LogP contribution in [0.5, 0.6) is 0 Å². The number of carboxylic acid groups (broad SMARTS) is 1. The van der Waals surface area contributed by atoms with Gasteiger partial charge in [0.05, 0.1) is 43.3 Å². The Morgan fingerprint density at radius 3 is 2.44 bits per heavy atom. The molecule has 14 heteroatoms. The molecule has 0 radical (unpaired) electrons. The minimum atomic E-state index is -4.59. The lowest BCUT2D eigenvalue weighted by Crippen LogP contribution is -2.44. The fourth-order valence-electron chi connectivity index (χ4n) is 4.29. The molecule has 9 nitrogen and oxygen atoms in total. The van der Waals surface area contributed by atoms with E-state index in [9.17, 15) is 27.3 Å². The summed E-state index contributed by atoms with van der Waals surface area (Å²) < 4.78 is 68.1. The molecule has 2 atom stereocenters. The van der Waals surface area contributed by atoms with Crippen molar-refractivity contribution in [3.05, 3.63) is 48.0 Å². The first-order valence-electron chi connectivity index (χ1n) is 13.4. The van der Waals surface area contributed by atoms with Crippen molar-refractivity contribution in [2.45, 2.75) is 77.3 Å². The maximum absolute atomic E-state index is 13.6. The topological polar surface area (TPSA) is 127 Å². The lowest BCUT2D eigenvalue weighted by atomic mass is 9.90. The summed E-state index contributed by atoms with van der Waals surface area (Å²) in [4.78, 5) is 17.1. The van der Waals surface area contributed by atoms with Crippen LogP contribution in [-0.4, -0.2) is 54.7 Å². The quantitative estimate of drug-likeness (QED) is 0.168. The van der Waals surface area contributed by atoms with Crippen molar-refractivity contribution in [1.29, 1.82) is 0 Å². The van der Waals surface area contributed by atoms with E-state index in [1.807, 2.05) is 13.8 Å². The number of thiazole rings is 1. The van der Waals surface area contributed by atoms with Gasteiger partial charge in [-0.2, -0.15) is 13.2 Å². The molecule has 0 aliphatic carbocycles. The van der Waals surface area contributed by atoms with Gasteiger partial charge in [-0.15, -0.1) is 21.5 Å².